The largest absolute Gasteiger partial charge is 0.463 e. The van der Waals surface area contributed by atoms with Crippen molar-refractivity contribution in [3.63, 3.8) is 0 Å². The minimum Gasteiger partial charge on any atom is -0.463 e. The highest BCUT2D eigenvalue weighted by Gasteiger charge is 2.29. The summed E-state index contributed by atoms with van der Waals surface area (Å²) in [6.07, 6.45) is 0. The lowest BCUT2D eigenvalue weighted by atomic mass is 9.99. The molecule has 1 atom stereocenters. The zero-order valence-corrected chi connectivity index (χ0v) is 12.9. The number of thiocarbonyl (C=S) groups is 1. The van der Waals surface area contributed by atoms with Crippen LogP contribution in [0.2, 0.25) is 0 Å². The van der Waals surface area contributed by atoms with E-state index in [2.05, 4.69) is 10.6 Å². The number of nitrogens with zero attached hydrogens (tertiary/aromatic N) is 1. The number of nitro benzene ring substituents is 1. The molecule has 8 heteroatoms. The van der Waals surface area contributed by atoms with Crippen molar-refractivity contribution in [1.29, 1.82) is 0 Å². The molecule has 0 saturated heterocycles. The lowest BCUT2D eigenvalue weighted by Gasteiger charge is -2.28. The molecule has 116 valence electrons. The van der Waals surface area contributed by atoms with Gasteiger partial charge in [0.25, 0.3) is 5.69 Å². The van der Waals surface area contributed by atoms with Gasteiger partial charge in [-0.15, -0.1) is 0 Å². The van der Waals surface area contributed by atoms with Crippen LogP contribution in [0, 0.1) is 10.1 Å². The van der Waals surface area contributed by atoms with Crippen LogP contribution >= 0.6 is 12.2 Å². The predicted molar refractivity (Wildman–Crippen MR) is 85.0 cm³/mol. The van der Waals surface area contributed by atoms with E-state index in [0.29, 0.717) is 21.9 Å². The van der Waals surface area contributed by atoms with Crippen LogP contribution in [0.3, 0.4) is 0 Å². The second-order valence-corrected chi connectivity index (χ2v) is 5.04. The van der Waals surface area contributed by atoms with Gasteiger partial charge < -0.3 is 15.4 Å². The fourth-order valence-electron chi connectivity index (χ4n) is 2.17. The first kappa shape index (κ1) is 15.9. The SMILES string of the molecule is CCOC(=O)C1=C(c2ccc([N+](=O)[O-])cc2)NC(=S)NC1C. The van der Waals surface area contributed by atoms with Gasteiger partial charge in [-0.05, 0) is 43.8 Å². The van der Waals surface area contributed by atoms with E-state index in [1.807, 2.05) is 0 Å². The lowest BCUT2D eigenvalue weighted by molar-refractivity contribution is -0.384. The Hall–Kier alpha value is -2.48. The van der Waals surface area contributed by atoms with Gasteiger partial charge in [-0.1, -0.05) is 0 Å². The highest BCUT2D eigenvalue weighted by Crippen LogP contribution is 2.24. The molecule has 0 radical (unpaired) electrons. The molecule has 0 aromatic heterocycles. The molecule has 0 amide bonds. The molecule has 1 heterocycles. The number of benzene rings is 1. The molecule has 0 bridgehead atoms. The van der Waals surface area contributed by atoms with Gasteiger partial charge in [0, 0.05) is 12.1 Å². The third-order valence-corrected chi connectivity index (χ3v) is 3.37. The number of non-ortho nitro benzene ring substituents is 1. The standard InChI is InChI=1S/C14H15N3O4S/c1-3-21-13(18)11-8(2)15-14(22)16-12(11)9-4-6-10(7-5-9)17(19)20/h4-8H,3H2,1-2H3,(H2,15,16,22). The van der Waals surface area contributed by atoms with Gasteiger partial charge in [0.05, 0.1) is 28.8 Å². The topological polar surface area (TPSA) is 93.5 Å². The normalized spacial score (nSPS) is 17.5. The smallest absolute Gasteiger partial charge is 0.338 e. The second kappa shape index (κ2) is 6.52. The first-order valence-electron chi connectivity index (χ1n) is 6.67. The molecule has 1 aromatic carbocycles. The minimum atomic E-state index is -0.479. The summed E-state index contributed by atoms with van der Waals surface area (Å²) in [6.45, 7) is 3.78. The van der Waals surface area contributed by atoms with Crippen molar-refractivity contribution in [2.24, 2.45) is 0 Å². The van der Waals surface area contributed by atoms with Gasteiger partial charge in [0.1, 0.15) is 0 Å². The second-order valence-electron chi connectivity index (χ2n) is 4.63. The summed E-state index contributed by atoms with van der Waals surface area (Å²) in [4.78, 5) is 22.4. The average molecular weight is 321 g/mol. The maximum Gasteiger partial charge on any atom is 0.338 e. The number of nitro groups is 1. The Morgan fingerprint density at radius 1 is 1.41 bits per heavy atom. The molecule has 0 aliphatic carbocycles. The highest BCUT2D eigenvalue weighted by atomic mass is 32.1. The Morgan fingerprint density at radius 3 is 2.59 bits per heavy atom. The summed E-state index contributed by atoms with van der Waals surface area (Å²) in [5.41, 5.74) is 1.52. The van der Waals surface area contributed by atoms with E-state index in [4.69, 9.17) is 17.0 Å². The summed E-state index contributed by atoms with van der Waals surface area (Å²) >= 11 is 5.11. The molecule has 0 spiro atoms. The molecule has 2 rings (SSSR count). The Balaban J connectivity index is 2.48. The summed E-state index contributed by atoms with van der Waals surface area (Å²) < 4.78 is 5.07. The zero-order valence-electron chi connectivity index (χ0n) is 12.1. The monoisotopic (exact) mass is 321 g/mol. The number of rotatable bonds is 4. The lowest BCUT2D eigenvalue weighted by Crippen LogP contribution is -2.48. The quantitative estimate of drug-likeness (QED) is 0.377. The van der Waals surface area contributed by atoms with Crippen molar-refractivity contribution in [3.05, 3.63) is 45.5 Å². The van der Waals surface area contributed by atoms with Crippen LogP contribution in [0.1, 0.15) is 19.4 Å². The van der Waals surface area contributed by atoms with Gasteiger partial charge in [0.15, 0.2) is 5.11 Å². The summed E-state index contributed by atoms with van der Waals surface area (Å²) in [6, 6.07) is 5.57. The van der Waals surface area contributed by atoms with Crippen LogP contribution in [0.25, 0.3) is 5.70 Å². The molecule has 1 unspecified atom stereocenters. The molecular weight excluding hydrogens is 306 g/mol. The maximum absolute atomic E-state index is 12.2. The number of hydrogen-bond acceptors (Lipinski definition) is 5. The Kier molecular flexibility index (Phi) is 4.71. The summed E-state index contributed by atoms with van der Waals surface area (Å²) in [5.74, 6) is -0.453. The first-order valence-corrected chi connectivity index (χ1v) is 7.08. The van der Waals surface area contributed by atoms with Crippen molar-refractivity contribution in [3.8, 4) is 0 Å². The molecule has 0 fully saturated rings. The van der Waals surface area contributed by atoms with Crippen molar-refractivity contribution < 1.29 is 14.5 Å². The van der Waals surface area contributed by atoms with Gasteiger partial charge in [0.2, 0.25) is 0 Å². The molecule has 7 nitrogen and oxygen atoms in total. The van der Waals surface area contributed by atoms with E-state index in [1.165, 1.54) is 12.1 Å². The molecule has 1 aliphatic heterocycles. The van der Waals surface area contributed by atoms with E-state index >= 15 is 0 Å². The van der Waals surface area contributed by atoms with Crippen LogP contribution in [0.5, 0.6) is 0 Å². The van der Waals surface area contributed by atoms with Gasteiger partial charge in [-0.2, -0.15) is 0 Å². The summed E-state index contributed by atoms with van der Waals surface area (Å²) in [7, 11) is 0. The number of hydrogen-bond donors (Lipinski definition) is 2. The van der Waals surface area contributed by atoms with E-state index in [1.54, 1.807) is 26.0 Å². The van der Waals surface area contributed by atoms with Gasteiger partial charge in [-0.25, -0.2) is 4.79 Å². The van der Waals surface area contributed by atoms with Crippen LogP contribution < -0.4 is 10.6 Å². The Morgan fingerprint density at radius 2 is 2.05 bits per heavy atom. The molecule has 2 N–H and O–H groups in total. The summed E-state index contributed by atoms with van der Waals surface area (Å²) in [5, 5.41) is 17.0. The van der Waals surface area contributed by atoms with E-state index in [-0.39, 0.29) is 18.3 Å². The van der Waals surface area contributed by atoms with Crippen LogP contribution in [-0.2, 0) is 9.53 Å². The minimum absolute atomic E-state index is 0.0217. The molecule has 1 aliphatic rings. The Labute approximate surface area is 132 Å². The van der Waals surface area contributed by atoms with E-state index in [0.717, 1.165) is 0 Å². The van der Waals surface area contributed by atoms with Crippen molar-refractivity contribution >= 4 is 34.7 Å². The van der Waals surface area contributed by atoms with E-state index in [9.17, 15) is 14.9 Å². The van der Waals surface area contributed by atoms with Gasteiger partial charge in [-0.3, -0.25) is 10.1 Å². The molecule has 22 heavy (non-hydrogen) atoms. The van der Waals surface area contributed by atoms with Crippen LogP contribution in [0.4, 0.5) is 5.69 Å². The third-order valence-electron chi connectivity index (χ3n) is 3.15. The molecule has 1 aromatic rings. The Bertz CT molecular complexity index is 655. The van der Waals surface area contributed by atoms with Gasteiger partial charge >= 0.3 is 5.97 Å². The average Bonchev–Trinajstić information content (AvgIpc) is 2.46. The number of carbonyl (C=O) groups is 1. The van der Waals surface area contributed by atoms with Crippen molar-refractivity contribution in [1.82, 2.24) is 10.6 Å². The third kappa shape index (κ3) is 3.22. The van der Waals surface area contributed by atoms with Crippen LogP contribution in [-0.4, -0.2) is 28.7 Å². The molecule has 0 saturated carbocycles. The number of ether oxygens (including phenoxy) is 1. The van der Waals surface area contributed by atoms with Crippen molar-refractivity contribution in [2.75, 3.05) is 6.61 Å². The number of esters is 1. The van der Waals surface area contributed by atoms with E-state index < -0.39 is 10.9 Å². The zero-order chi connectivity index (χ0) is 16.3. The highest BCUT2D eigenvalue weighted by molar-refractivity contribution is 7.80. The first-order chi connectivity index (χ1) is 10.4. The maximum atomic E-state index is 12.2. The van der Waals surface area contributed by atoms with Crippen LogP contribution in [0.15, 0.2) is 29.8 Å². The fourth-order valence-corrected chi connectivity index (χ4v) is 2.45. The number of carbonyl (C=O) groups excluding carboxylic acids is 1. The van der Waals surface area contributed by atoms with Crippen molar-refractivity contribution in [2.45, 2.75) is 19.9 Å². The molecular formula is C14H15N3O4S. The number of nitrogens with one attached hydrogen (secondary N) is 2. The predicted octanol–water partition coefficient (Wildman–Crippen LogP) is 1.74. The fraction of sp³-hybridized carbons (Fsp3) is 0.286.